The van der Waals surface area contributed by atoms with Gasteiger partial charge in [0.15, 0.2) is 0 Å². The number of hydrogen-bond acceptors (Lipinski definition) is 2. The highest BCUT2D eigenvalue weighted by molar-refractivity contribution is 9.10. The molecule has 0 amide bonds. The van der Waals surface area contributed by atoms with Gasteiger partial charge in [-0.1, -0.05) is 0 Å². The van der Waals surface area contributed by atoms with Crippen molar-refractivity contribution in [3.63, 3.8) is 0 Å². The molecule has 0 radical (unpaired) electrons. The van der Waals surface area contributed by atoms with Crippen molar-refractivity contribution < 1.29 is 9.84 Å². The monoisotopic (exact) mass is 312 g/mol. The number of alkyl halides is 2. The molecule has 0 saturated carbocycles. The van der Waals surface area contributed by atoms with Gasteiger partial charge in [0.05, 0.1) is 11.6 Å². The predicted molar refractivity (Wildman–Crippen MR) is 65.9 cm³/mol. The maximum Gasteiger partial charge on any atom is 0.138 e. The normalized spacial score (nSPS) is 13.0. The summed E-state index contributed by atoms with van der Waals surface area (Å²) in [6.07, 6.45) is -0.959. The Balaban J connectivity index is 3.26. The molecule has 0 spiro atoms. The summed E-state index contributed by atoms with van der Waals surface area (Å²) in [4.78, 5) is -0.882. The lowest BCUT2D eigenvalue weighted by molar-refractivity contribution is 0.187. The molecular weight excluding hydrogens is 303 g/mol. The second-order valence-corrected chi connectivity index (χ2v) is 5.17. The molecule has 0 aromatic heterocycles. The molecule has 84 valence electrons. The summed E-state index contributed by atoms with van der Waals surface area (Å²) >= 11 is 14.6. The summed E-state index contributed by atoms with van der Waals surface area (Å²) in [7, 11) is 1.53. The Labute approximate surface area is 107 Å². The molecule has 1 N–H and O–H groups in total. The number of benzene rings is 1. The summed E-state index contributed by atoms with van der Waals surface area (Å²) in [6, 6.07) is 3.69. The first-order chi connectivity index (χ1) is 6.97. The molecule has 1 aromatic carbocycles. The number of halogens is 3. The van der Waals surface area contributed by atoms with E-state index in [1.165, 1.54) is 7.11 Å². The van der Waals surface area contributed by atoms with Crippen LogP contribution >= 0.6 is 39.1 Å². The lowest BCUT2D eigenvalue weighted by Gasteiger charge is -2.17. The third-order valence-corrected chi connectivity index (χ3v) is 3.04. The molecule has 2 nitrogen and oxygen atoms in total. The van der Waals surface area contributed by atoms with Gasteiger partial charge in [-0.25, -0.2) is 0 Å². The Hall–Kier alpha value is 0.0400. The van der Waals surface area contributed by atoms with Crippen LogP contribution in [-0.4, -0.2) is 17.1 Å². The number of aliphatic hydroxyl groups is 1. The molecule has 15 heavy (non-hydrogen) atoms. The lowest BCUT2D eigenvalue weighted by atomic mass is 10.1. The zero-order valence-electron chi connectivity index (χ0n) is 8.30. The standard InChI is InChI=1S/C10H11BrCl2O2/c1-5-3-6(8(14)10(12)13)9(15-2)7(11)4-5/h3-4,8,10,14H,1-2H3. The summed E-state index contributed by atoms with van der Waals surface area (Å²) in [5, 5.41) is 9.79. The molecule has 0 heterocycles. The summed E-state index contributed by atoms with van der Waals surface area (Å²) in [6.45, 7) is 1.91. The van der Waals surface area contributed by atoms with Crippen LogP contribution in [0.2, 0.25) is 0 Å². The van der Waals surface area contributed by atoms with E-state index in [1.54, 1.807) is 6.07 Å². The van der Waals surface area contributed by atoms with Gasteiger partial charge in [0.1, 0.15) is 16.7 Å². The number of ether oxygens (including phenoxy) is 1. The Bertz CT molecular complexity index is 356. The fourth-order valence-electron chi connectivity index (χ4n) is 1.33. The van der Waals surface area contributed by atoms with Crippen molar-refractivity contribution in [2.75, 3.05) is 7.11 Å². The molecule has 0 aliphatic rings. The summed E-state index contributed by atoms with van der Waals surface area (Å²) in [5.74, 6) is 0.555. The van der Waals surface area contributed by atoms with Crippen LogP contribution in [0.5, 0.6) is 5.75 Å². The number of methoxy groups -OCH3 is 1. The molecule has 0 fully saturated rings. The summed E-state index contributed by atoms with van der Waals surface area (Å²) in [5.41, 5.74) is 1.57. The van der Waals surface area contributed by atoms with Crippen molar-refractivity contribution in [2.24, 2.45) is 0 Å². The predicted octanol–water partition coefficient (Wildman–Crippen LogP) is 3.60. The molecular formula is C10H11BrCl2O2. The second-order valence-electron chi connectivity index (χ2n) is 3.15. The molecule has 0 bridgehead atoms. The van der Waals surface area contributed by atoms with E-state index in [9.17, 15) is 5.11 Å². The first-order valence-corrected chi connectivity index (χ1v) is 5.94. The fourth-order valence-corrected chi connectivity index (χ4v) is 2.35. The third kappa shape index (κ3) is 3.00. The molecule has 1 atom stereocenters. The minimum atomic E-state index is -0.959. The van der Waals surface area contributed by atoms with Crippen LogP contribution in [0.25, 0.3) is 0 Å². The van der Waals surface area contributed by atoms with Crippen LogP contribution < -0.4 is 4.74 Å². The van der Waals surface area contributed by atoms with Crippen molar-refractivity contribution in [1.29, 1.82) is 0 Å². The average Bonchev–Trinajstić information content (AvgIpc) is 2.15. The highest BCUT2D eigenvalue weighted by Gasteiger charge is 2.21. The molecule has 5 heteroatoms. The number of rotatable bonds is 3. The molecule has 1 unspecified atom stereocenters. The van der Waals surface area contributed by atoms with Crippen LogP contribution in [0.15, 0.2) is 16.6 Å². The molecule has 1 aromatic rings. The molecule has 1 rings (SSSR count). The van der Waals surface area contributed by atoms with Gasteiger partial charge in [-0.3, -0.25) is 0 Å². The van der Waals surface area contributed by atoms with Crippen molar-refractivity contribution in [1.82, 2.24) is 0 Å². The van der Waals surface area contributed by atoms with Gasteiger partial charge in [0.2, 0.25) is 0 Å². The quantitative estimate of drug-likeness (QED) is 0.864. The van der Waals surface area contributed by atoms with Gasteiger partial charge in [-0.15, -0.1) is 23.2 Å². The van der Waals surface area contributed by atoms with Gasteiger partial charge in [0.25, 0.3) is 0 Å². The Morgan fingerprint density at radius 2 is 2.00 bits per heavy atom. The maximum atomic E-state index is 9.79. The minimum Gasteiger partial charge on any atom is -0.495 e. The number of aryl methyl sites for hydroxylation is 1. The number of aliphatic hydroxyl groups excluding tert-OH is 1. The van der Waals surface area contributed by atoms with E-state index in [-0.39, 0.29) is 0 Å². The zero-order valence-corrected chi connectivity index (χ0v) is 11.4. The highest BCUT2D eigenvalue weighted by atomic mass is 79.9. The van der Waals surface area contributed by atoms with Crippen LogP contribution in [0.4, 0.5) is 0 Å². The van der Waals surface area contributed by atoms with E-state index in [4.69, 9.17) is 27.9 Å². The first-order valence-electron chi connectivity index (χ1n) is 4.27. The smallest absolute Gasteiger partial charge is 0.138 e. The third-order valence-electron chi connectivity index (χ3n) is 1.98. The highest BCUT2D eigenvalue weighted by Crippen LogP contribution is 2.37. The Morgan fingerprint density at radius 3 is 2.47 bits per heavy atom. The van der Waals surface area contributed by atoms with E-state index in [0.717, 1.165) is 10.0 Å². The molecule has 0 saturated heterocycles. The van der Waals surface area contributed by atoms with E-state index in [1.807, 2.05) is 13.0 Å². The van der Waals surface area contributed by atoms with Crippen LogP contribution in [0, 0.1) is 6.92 Å². The molecule has 0 aliphatic heterocycles. The average molecular weight is 314 g/mol. The summed E-state index contributed by atoms with van der Waals surface area (Å²) < 4.78 is 5.95. The molecule has 0 aliphatic carbocycles. The van der Waals surface area contributed by atoms with Crippen LogP contribution in [0.1, 0.15) is 17.2 Å². The largest absolute Gasteiger partial charge is 0.495 e. The van der Waals surface area contributed by atoms with E-state index >= 15 is 0 Å². The van der Waals surface area contributed by atoms with Gasteiger partial charge in [0, 0.05) is 5.56 Å². The topological polar surface area (TPSA) is 29.5 Å². The second kappa shape index (κ2) is 5.39. The van der Waals surface area contributed by atoms with Crippen molar-refractivity contribution in [3.8, 4) is 5.75 Å². The van der Waals surface area contributed by atoms with E-state index in [2.05, 4.69) is 15.9 Å². The SMILES string of the molecule is COc1c(Br)cc(C)cc1C(O)C(Cl)Cl. The Morgan fingerprint density at radius 1 is 1.40 bits per heavy atom. The lowest BCUT2D eigenvalue weighted by Crippen LogP contribution is -2.08. The van der Waals surface area contributed by atoms with Crippen molar-refractivity contribution >= 4 is 39.1 Å². The van der Waals surface area contributed by atoms with Gasteiger partial charge in [-0.05, 0) is 40.5 Å². The minimum absolute atomic E-state index is 0.555. The fraction of sp³-hybridized carbons (Fsp3) is 0.400. The van der Waals surface area contributed by atoms with Crippen molar-refractivity contribution in [3.05, 3.63) is 27.7 Å². The van der Waals surface area contributed by atoms with Gasteiger partial charge in [-0.2, -0.15) is 0 Å². The first kappa shape index (κ1) is 13.1. The van der Waals surface area contributed by atoms with E-state index < -0.39 is 10.9 Å². The van der Waals surface area contributed by atoms with E-state index in [0.29, 0.717) is 11.3 Å². The maximum absolute atomic E-state index is 9.79. The Kier molecular flexibility index (Phi) is 4.71. The van der Waals surface area contributed by atoms with Crippen LogP contribution in [0.3, 0.4) is 0 Å². The van der Waals surface area contributed by atoms with Gasteiger partial charge >= 0.3 is 0 Å². The number of hydrogen-bond donors (Lipinski definition) is 1. The van der Waals surface area contributed by atoms with Crippen LogP contribution in [-0.2, 0) is 0 Å². The van der Waals surface area contributed by atoms with Crippen molar-refractivity contribution in [2.45, 2.75) is 17.9 Å². The zero-order chi connectivity index (χ0) is 11.6. The van der Waals surface area contributed by atoms with Gasteiger partial charge < -0.3 is 9.84 Å².